The molecule has 398 valence electrons. The van der Waals surface area contributed by atoms with Crippen LogP contribution in [0.15, 0.2) is 261 Å². The van der Waals surface area contributed by atoms with Gasteiger partial charge in [-0.15, -0.1) is 0 Å². The maximum absolute atomic E-state index is 2.63. The molecule has 3 unspecified atom stereocenters. The van der Waals surface area contributed by atoms with Crippen molar-refractivity contribution in [3.8, 4) is 55.6 Å². The normalized spacial score (nSPS) is 17.2. The second kappa shape index (κ2) is 20.8. The van der Waals surface area contributed by atoms with Crippen molar-refractivity contribution in [1.82, 2.24) is 0 Å². The summed E-state index contributed by atoms with van der Waals surface area (Å²) >= 11 is 0. The number of aryl methyl sites for hydroxylation is 4. The molecule has 3 atom stereocenters. The van der Waals surface area contributed by atoms with Crippen molar-refractivity contribution in [2.75, 3.05) is 9.80 Å². The van der Waals surface area contributed by atoms with Crippen LogP contribution in [-0.4, -0.2) is 0 Å². The lowest BCUT2D eigenvalue weighted by Crippen LogP contribution is -2.18. The average molecular weight is 1060 g/mol. The zero-order valence-corrected chi connectivity index (χ0v) is 47.1. The van der Waals surface area contributed by atoms with Crippen LogP contribution in [0.4, 0.5) is 34.1 Å². The molecule has 0 spiro atoms. The van der Waals surface area contributed by atoms with Gasteiger partial charge < -0.3 is 9.80 Å². The molecular weight excluding hydrogens is 989 g/mol. The first-order valence-electron chi connectivity index (χ1n) is 30.1. The van der Waals surface area contributed by atoms with E-state index in [0.717, 1.165) is 43.2 Å². The molecule has 11 aromatic carbocycles. The van der Waals surface area contributed by atoms with Gasteiger partial charge in [-0.1, -0.05) is 220 Å². The molecule has 2 nitrogen and oxygen atoms in total. The minimum atomic E-state index is -0.198. The molecule has 0 saturated heterocycles. The fourth-order valence-corrected chi connectivity index (χ4v) is 15.0. The first-order valence-corrected chi connectivity index (χ1v) is 30.1. The van der Waals surface area contributed by atoms with Crippen molar-refractivity contribution in [3.63, 3.8) is 0 Å². The van der Waals surface area contributed by atoms with Crippen molar-refractivity contribution in [3.05, 3.63) is 300 Å². The van der Waals surface area contributed by atoms with Crippen LogP contribution in [0.2, 0.25) is 0 Å². The number of para-hydroxylation sites is 1. The van der Waals surface area contributed by atoms with Crippen LogP contribution in [0.25, 0.3) is 55.6 Å². The third kappa shape index (κ3) is 8.97. The number of anilines is 6. The van der Waals surface area contributed by atoms with E-state index in [-0.39, 0.29) is 5.41 Å². The summed E-state index contributed by atoms with van der Waals surface area (Å²) in [4.78, 5) is 5.16. The first kappa shape index (κ1) is 50.0. The van der Waals surface area contributed by atoms with Gasteiger partial charge in [-0.25, -0.2) is 0 Å². The van der Waals surface area contributed by atoms with Crippen molar-refractivity contribution >= 4 is 34.1 Å². The van der Waals surface area contributed by atoms with E-state index in [1.807, 2.05) is 0 Å². The number of hydrogen-bond donors (Lipinski definition) is 0. The van der Waals surface area contributed by atoms with E-state index in [4.69, 9.17) is 0 Å². The van der Waals surface area contributed by atoms with Crippen molar-refractivity contribution in [2.45, 2.75) is 76.5 Å². The lowest BCUT2D eigenvalue weighted by atomic mass is 9.81. The number of hydrogen-bond acceptors (Lipinski definition) is 2. The van der Waals surface area contributed by atoms with E-state index in [2.05, 4.69) is 285 Å². The zero-order chi connectivity index (χ0) is 54.7. The third-order valence-corrected chi connectivity index (χ3v) is 19.2. The van der Waals surface area contributed by atoms with Gasteiger partial charge in [0.2, 0.25) is 0 Å². The molecule has 0 radical (unpaired) electrons. The van der Waals surface area contributed by atoms with Crippen LogP contribution in [-0.2, 0) is 31.1 Å². The van der Waals surface area contributed by atoms with Gasteiger partial charge >= 0.3 is 0 Å². The van der Waals surface area contributed by atoms with Gasteiger partial charge in [-0.05, 0) is 212 Å². The molecule has 0 N–H and O–H groups in total. The minimum Gasteiger partial charge on any atom is -0.310 e. The van der Waals surface area contributed by atoms with Crippen LogP contribution in [0, 0.1) is 11.8 Å². The fraction of sp³-hybridized carbons (Fsp3) is 0.175. The topological polar surface area (TPSA) is 6.48 Å². The Hall–Kier alpha value is -8.98. The van der Waals surface area contributed by atoms with Crippen LogP contribution in [0.5, 0.6) is 0 Å². The summed E-state index contributed by atoms with van der Waals surface area (Å²) in [6.07, 6.45) is 9.18. The van der Waals surface area contributed by atoms with Gasteiger partial charge in [0.15, 0.2) is 0 Å². The summed E-state index contributed by atoms with van der Waals surface area (Å²) in [5.74, 6) is 2.49. The Bertz CT molecular complexity index is 4070. The predicted octanol–water partition coefficient (Wildman–Crippen LogP) is 21.4. The molecule has 0 amide bonds. The molecule has 0 heterocycles. The van der Waals surface area contributed by atoms with E-state index in [0.29, 0.717) is 5.92 Å². The summed E-state index contributed by atoms with van der Waals surface area (Å²) in [6.45, 7) is 4.82. The van der Waals surface area contributed by atoms with E-state index in [9.17, 15) is 0 Å². The van der Waals surface area contributed by atoms with E-state index >= 15 is 0 Å². The highest BCUT2D eigenvalue weighted by atomic mass is 15.2. The van der Waals surface area contributed by atoms with E-state index in [1.165, 1.54) is 149 Å². The molecule has 7 aliphatic carbocycles. The standard InChI is InChI=1S/C80H68N2/c1-80(2)74-29-16-15-26-70(74)73-52-72(59-22-11-5-12-23-59)78(53-75(73)80)82(67-46-42-63(43-47-67)79-68(57-18-7-3-8-19-57)27-17-28-69(79)58-20-9-4-10-21-58)77-51-55-31-36-61-35-30-54(32-37-62(77)38-33-55)50-76(61)81(65-24-13-6-14-25-65)66-44-40-60(41-45-66)71-49-56-34-39-64(71)48-56/h3-30,33,35,38,40-47,50-53,56,64,71H,31-32,34,36-37,39,48-49H2,1-2H3. The molecule has 6 bridgehead atoms. The smallest absolute Gasteiger partial charge is 0.0543 e. The maximum atomic E-state index is 2.63. The Labute approximate surface area is 485 Å². The molecular formula is C80H68N2. The lowest BCUT2D eigenvalue weighted by molar-refractivity contribution is 0.420. The highest BCUT2D eigenvalue weighted by molar-refractivity contribution is 5.98. The van der Waals surface area contributed by atoms with Gasteiger partial charge in [0.05, 0.1) is 5.69 Å². The Morgan fingerprint density at radius 2 is 0.854 bits per heavy atom. The lowest BCUT2D eigenvalue weighted by Gasteiger charge is -2.33. The summed E-state index contributed by atoms with van der Waals surface area (Å²) in [5, 5.41) is 0. The summed E-state index contributed by atoms with van der Waals surface area (Å²) in [5.41, 5.74) is 29.1. The van der Waals surface area contributed by atoms with Crippen molar-refractivity contribution in [2.24, 2.45) is 11.8 Å². The van der Waals surface area contributed by atoms with E-state index in [1.54, 1.807) is 0 Å². The van der Waals surface area contributed by atoms with Gasteiger partial charge in [0.25, 0.3) is 0 Å². The Morgan fingerprint density at radius 1 is 0.341 bits per heavy atom. The minimum absolute atomic E-state index is 0.198. The maximum Gasteiger partial charge on any atom is 0.0543 e. The van der Waals surface area contributed by atoms with Crippen molar-refractivity contribution < 1.29 is 0 Å². The quantitative estimate of drug-likeness (QED) is 0.127. The highest BCUT2D eigenvalue weighted by Crippen LogP contribution is 2.56. The van der Waals surface area contributed by atoms with Gasteiger partial charge in [0, 0.05) is 39.4 Å². The van der Waals surface area contributed by atoms with Crippen LogP contribution in [0.1, 0.15) is 84.4 Å². The number of rotatable bonds is 11. The van der Waals surface area contributed by atoms with E-state index < -0.39 is 0 Å². The molecule has 2 heteroatoms. The summed E-state index contributed by atoms with van der Waals surface area (Å²) in [6, 6.07) is 98.9. The monoisotopic (exact) mass is 1060 g/mol. The van der Waals surface area contributed by atoms with Crippen LogP contribution >= 0.6 is 0 Å². The average Bonchev–Trinajstić information content (AvgIpc) is 2.93. The SMILES string of the molecule is CC1(C)c2ccccc2-c2cc(-c3ccccc3)c(N(c3ccc(-c4c(-c5ccccc5)cccc4-c4ccccc4)cc3)c3cc4ccc3CCc3ccc(c(N(c5ccccc5)c5ccc(C6CC7CCC6C7)cc5)c3)CC4)cc21. The number of fused-ring (bicyclic) bond motifs is 5. The third-order valence-electron chi connectivity index (χ3n) is 19.2. The Balaban J connectivity index is 0.875. The molecule has 0 aromatic heterocycles. The highest BCUT2D eigenvalue weighted by Gasteiger charge is 2.40. The second-order valence-corrected chi connectivity index (χ2v) is 24.3. The molecule has 2 fully saturated rings. The van der Waals surface area contributed by atoms with Gasteiger partial charge in [-0.3, -0.25) is 0 Å². The summed E-state index contributed by atoms with van der Waals surface area (Å²) < 4.78 is 0. The van der Waals surface area contributed by atoms with Crippen molar-refractivity contribution in [1.29, 1.82) is 0 Å². The first-order chi connectivity index (χ1) is 40.4. The molecule has 2 saturated carbocycles. The van der Waals surface area contributed by atoms with Gasteiger partial charge in [0.1, 0.15) is 0 Å². The Kier molecular flexibility index (Phi) is 12.7. The number of nitrogens with zero attached hydrogens (tertiary/aromatic N) is 2. The molecule has 0 aliphatic heterocycles. The number of benzene rings is 11. The van der Waals surface area contributed by atoms with Crippen LogP contribution in [0.3, 0.4) is 0 Å². The predicted molar refractivity (Wildman–Crippen MR) is 345 cm³/mol. The largest absolute Gasteiger partial charge is 0.310 e. The zero-order valence-electron chi connectivity index (χ0n) is 47.1. The van der Waals surface area contributed by atoms with Gasteiger partial charge in [-0.2, -0.15) is 0 Å². The fourth-order valence-electron chi connectivity index (χ4n) is 15.0. The molecule has 7 aliphatic rings. The molecule has 18 rings (SSSR count). The second-order valence-electron chi connectivity index (χ2n) is 24.3. The summed E-state index contributed by atoms with van der Waals surface area (Å²) in [7, 11) is 0. The molecule has 82 heavy (non-hydrogen) atoms. The van der Waals surface area contributed by atoms with Crippen LogP contribution < -0.4 is 9.80 Å². The Morgan fingerprint density at radius 3 is 1.44 bits per heavy atom. The molecule has 11 aromatic rings.